The molecule has 0 aliphatic carbocycles. The van der Waals surface area contributed by atoms with Crippen molar-refractivity contribution in [1.82, 2.24) is 15.1 Å². The Bertz CT molecular complexity index is 1070. The van der Waals surface area contributed by atoms with Crippen molar-refractivity contribution in [3.63, 3.8) is 0 Å². The Morgan fingerprint density at radius 2 is 1.93 bits per heavy atom. The normalized spacial score (nSPS) is 18.0. The summed E-state index contributed by atoms with van der Waals surface area (Å²) in [6.07, 6.45) is 0. The molecule has 7 heteroatoms. The molecule has 2 atom stereocenters. The Hall–Kier alpha value is -3.61. The minimum atomic E-state index is -0.787. The van der Waals surface area contributed by atoms with E-state index in [2.05, 4.69) is 15.7 Å². The molecule has 1 aliphatic rings. The monoisotopic (exact) mass is 390 g/mol. The predicted molar refractivity (Wildman–Crippen MR) is 109 cm³/mol. The third kappa shape index (κ3) is 3.35. The minimum Gasteiger partial charge on any atom is -0.497 e. The van der Waals surface area contributed by atoms with Crippen LogP contribution in [0.25, 0.3) is 0 Å². The van der Waals surface area contributed by atoms with Crippen LogP contribution in [0.15, 0.2) is 54.6 Å². The number of nitrogens with one attached hydrogen (secondary N) is 2. The van der Waals surface area contributed by atoms with Crippen LogP contribution < -0.4 is 15.4 Å². The van der Waals surface area contributed by atoms with Crippen LogP contribution >= 0.6 is 0 Å². The summed E-state index contributed by atoms with van der Waals surface area (Å²) in [6, 6.07) is 15.6. The fraction of sp³-hybridized carbons (Fsp3) is 0.227. The van der Waals surface area contributed by atoms with Crippen molar-refractivity contribution < 1.29 is 14.3 Å². The summed E-state index contributed by atoms with van der Waals surface area (Å²) in [6.45, 7) is 1.90. The average Bonchev–Trinajstić information content (AvgIpc) is 3.02. The van der Waals surface area contributed by atoms with E-state index in [4.69, 9.17) is 4.74 Å². The number of hydrogen-bond donors (Lipinski definition) is 2. The number of hydrogen-bond acceptors (Lipinski definition) is 4. The van der Waals surface area contributed by atoms with Gasteiger partial charge in [0, 0.05) is 24.1 Å². The first-order valence-corrected chi connectivity index (χ1v) is 9.34. The fourth-order valence-corrected chi connectivity index (χ4v) is 3.86. The van der Waals surface area contributed by atoms with Crippen LogP contribution in [0.4, 0.5) is 5.82 Å². The number of carbonyl (C=O) groups is 2. The molecular weight excluding hydrogens is 368 g/mol. The third-order valence-electron chi connectivity index (χ3n) is 5.21. The van der Waals surface area contributed by atoms with Gasteiger partial charge in [-0.3, -0.25) is 14.3 Å². The van der Waals surface area contributed by atoms with Gasteiger partial charge in [-0.25, -0.2) is 0 Å². The van der Waals surface area contributed by atoms with Crippen molar-refractivity contribution in [3.05, 3.63) is 77.0 Å². The fourth-order valence-electron chi connectivity index (χ4n) is 3.86. The van der Waals surface area contributed by atoms with Crippen LogP contribution in [-0.4, -0.2) is 34.7 Å². The molecule has 0 fully saturated rings. The molecule has 0 bridgehead atoms. The third-order valence-corrected chi connectivity index (χ3v) is 5.21. The molecular formula is C22H22N4O3. The van der Waals surface area contributed by atoms with Gasteiger partial charge in [0.25, 0.3) is 5.91 Å². The van der Waals surface area contributed by atoms with Crippen molar-refractivity contribution in [2.75, 3.05) is 12.4 Å². The lowest BCUT2D eigenvalue weighted by Gasteiger charge is -2.32. The summed E-state index contributed by atoms with van der Waals surface area (Å²) in [5, 5.41) is 10.3. The first-order chi connectivity index (χ1) is 14.0. The van der Waals surface area contributed by atoms with Crippen LogP contribution in [0, 0.1) is 6.92 Å². The highest BCUT2D eigenvalue weighted by Crippen LogP contribution is 2.40. The number of anilines is 1. The first kappa shape index (κ1) is 18.7. The van der Waals surface area contributed by atoms with E-state index in [-0.39, 0.29) is 11.8 Å². The highest BCUT2D eigenvalue weighted by atomic mass is 16.5. The highest BCUT2D eigenvalue weighted by Gasteiger charge is 2.41. The number of ether oxygens (including phenoxy) is 1. The number of rotatable bonds is 4. The number of amides is 2. The average molecular weight is 390 g/mol. The number of nitrogens with zero attached hydrogens (tertiary/aromatic N) is 2. The summed E-state index contributed by atoms with van der Waals surface area (Å²) < 4.78 is 7.03. The smallest absolute Gasteiger partial charge is 0.251 e. The maximum absolute atomic E-state index is 13.0. The summed E-state index contributed by atoms with van der Waals surface area (Å²) in [7, 11) is 3.39. The van der Waals surface area contributed by atoms with E-state index < -0.39 is 12.0 Å². The molecule has 0 saturated carbocycles. The maximum atomic E-state index is 13.0. The lowest BCUT2D eigenvalue weighted by molar-refractivity contribution is -0.118. The molecule has 2 aromatic carbocycles. The summed E-state index contributed by atoms with van der Waals surface area (Å²) >= 11 is 0. The zero-order chi connectivity index (χ0) is 20.5. The molecule has 0 spiro atoms. The molecule has 0 radical (unpaired) electrons. The van der Waals surface area contributed by atoms with E-state index in [1.807, 2.05) is 37.3 Å². The highest BCUT2D eigenvalue weighted by molar-refractivity contribution is 6.03. The molecule has 1 aliphatic heterocycles. The molecule has 0 saturated heterocycles. The van der Waals surface area contributed by atoms with Gasteiger partial charge in [0.15, 0.2) is 0 Å². The topological polar surface area (TPSA) is 85.2 Å². The van der Waals surface area contributed by atoms with Gasteiger partial charge in [0.05, 0.1) is 12.8 Å². The van der Waals surface area contributed by atoms with E-state index in [0.29, 0.717) is 17.1 Å². The zero-order valence-electron chi connectivity index (χ0n) is 16.5. The van der Waals surface area contributed by atoms with Gasteiger partial charge in [0.2, 0.25) is 5.91 Å². The van der Waals surface area contributed by atoms with Gasteiger partial charge in [0.1, 0.15) is 17.6 Å². The van der Waals surface area contributed by atoms with Gasteiger partial charge in [-0.15, -0.1) is 0 Å². The molecule has 7 nitrogen and oxygen atoms in total. The van der Waals surface area contributed by atoms with Crippen LogP contribution in [0.3, 0.4) is 0 Å². The predicted octanol–water partition coefficient (Wildman–Crippen LogP) is 2.62. The standard InChI is InChI=1S/C22H22N4O3/c1-13-17-18(15-10-7-11-16(12-15)29-3)19(22(28)24-20(17)26(2)25-13)23-21(27)14-8-5-4-6-9-14/h4-12,18-19H,1-3H3,(H,23,27)(H,24,28)/t18-,19+/m1/s1. The van der Waals surface area contributed by atoms with E-state index in [1.165, 1.54) is 0 Å². The van der Waals surface area contributed by atoms with E-state index >= 15 is 0 Å². The second kappa shape index (κ2) is 7.43. The maximum Gasteiger partial charge on any atom is 0.251 e. The first-order valence-electron chi connectivity index (χ1n) is 9.34. The SMILES string of the molecule is COc1cccc([C@@H]2c3c(C)nn(C)c3NC(=O)[C@H]2NC(=O)c2ccccc2)c1. The Morgan fingerprint density at radius 1 is 1.17 bits per heavy atom. The number of aryl methyl sites for hydroxylation is 2. The molecule has 1 aromatic heterocycles. The van der Waals surface area contributed by atoms with Crippen molar-refractivity contribution in [3.8, 4) is 5.75 Å². The molecule has 3 aromatic rings. The Balaban J connectivity index is 1.80. The van der Waals surface area contributed by atoms with E-state index in [1.54, 1.807) is 43.1 Å². The zero-order valence-corrected chi connectivity index (χ0v) is 16.5. The molecule has 0 unspecified atom stereocenters. The quantitative estimate of drug-likeness (QED) is 0.717. The van der Waals surface area contributed by atoms with Gasteiger partial charge in [-0.2, -0.15) is 5.10 Å². The Kier molecular flexibility index (Phi) is 4.80. The summed E-state index contributed by atoms with van der Waals surface area (Å²) in [4.78, 5) is 25.8. The second-order valence-electron chi connectivity index (χ2n) is 7.03. The van der Waals surface area contributed by atoms with Gasteiger partial charge in [-0.1, -0.05) is 30.3 Å². The van der Waals surface area contributed by atoms with Crippen molar-refractivity contribution in [2.24, 2.45) is 7.05 Å². The molecule has 4 rings (SSSR count). The van der Waals surface area contributed by atoms with Gasteiger partial charge in [-0.05, 0) is 36.8 Å². The number of carbonyl (C=O) groups excluding carboxylic acids is 2. The van der Waals surface area contributed by atoms with Crippen molar-refractivity contribution in [1.29, 1.82) is 0 Å². The molecule has 2 N–H and O–H groups in total. The number of methoxy groups -OCH3 is 1. The largest absolute Gasteiger partial charge is 0.497 e. The van der Waals surface area contributed by atoms with E-state index in [9.17, 15) is 9.59 Å². The molecule has 2 heterocycles. The molecule has 2 amide bonds. The van der Waals surface area contributed by atoms with Crippen LogP contribution in [0.5, 0.6) is 5.75 Å². The molecule has 29 heavy (non-hydrogen) atoms. The number of aromatic nitrogens is 2. The summed E-state index contributed by atoms with van der Waals surface area (Å²) in [5.74, 6) is 0.353. The lowest BCUT2D eigenvalue weighted by Crippen LogP contribution is -2.50. The Morgan fingerprint density at radius 3 is 2.66 bits per heavy atom. The van der Waals surface area contributed by atoms with E-state index in [0.717, 1.165) is 16.8 Å². The van der Waals surface area contributed by atoms with Crippen LogP contribution in [-0.2, 0) is 11.8 Å². The van der Waals surface area contributed by atoms with Crippen LogP contribution in [0.2, 0.25) is 0 Å². The molecule has 148 valence electrons. The van der Waals surface area contributed by atoms with Gasteiger partial charge >= 0.3 is 0 Å². The number of fused-ring (bicyclic) bond motifs is 1. The van der Waals surface area contributed by atoms with Crippen molar-refractivity contribution in [2.45, 2.75) is 18.9 Å². The van der Waals surface area contributed by atoms with Crippen LogP contribution in [0.1, 0.15) is 33.1 Å². The minimum absolute atomic E-state index is 0.280. The van der Waals surface area contributed by atoms with Gasteiger partial charge < -0.3 is 15.4 Å². The summed E-state index contributed by atoms with van der Waals surface area (Å²) in [5.41, 5.74) is 3.06. The van der Waals surface area contributed by atoms with Crippen molar-refractivity contribution >= 4 is 17.6 Å². The Labute approximate surface area is 168 Å². The second-order valence-corrected chi connectivity index (χ2v) is 7.03. The lowest BCUT2D eigenvalue weighted by atomic mass is 9.81. The number of benzene rings is 2.